The first kappa shape index (κ1) is 51.5. The van der Waals surface area contributed by atoms with Gasteiger partial charge in [-0.2, -0.15) is 0 Å². The van der Waals surface area contributed by atoms with Gasteiger partial charge in [0.05, 0.1) is 31.3 Å². The molecule has 0 radical (unpaired) electrons. The minimum atomic E-state index is -1.76. The summed E-state index contributed by atoms with van der Waals surface area (Å²) in [5, 5.41) is 95.4. The van der Waals surface area contributed by atoms with E-state index in [1.807, 2.05) is 0 Å². The molecule has 18 heteroatoms. The SMILES string of the molecule is CCOC(=O)[C@H]1O[C@@H](O[C@H]2CC[C@@]3(C)[C@H](CC[C@]4(C)[C@@H]3CC=C3[C@H]5CC(C)(C)CC[C@]5(C(=O)O[C@@H]5O[C@H](CO)[C@@H](O)[C@H](O)[C@H]5O)CC[C@]34C)C2(C)C)[C@H](O)[C@@H](O)[C@@H]1O[C@H]1OC[C@H](O)[C@H](O)[C@H]1O. The largest absolute Gasteiger partial charge is 0.464 e. The Labute approximate surface area is 393 Å². The molecule has 22 atom stereocenters. The number of rotatable bonds is 9. The van der Waals surface area contributed by atoms with Crippen LogP contribution in [0.2, 0.25) is 0 Å². The molecule has 18 nitrogen and oxygen atoms in total. The van der Waals surface area contributed by atoms with Crippen LogP contribution in [0.4, 0.5) is 0 Å². The van der Waals surface area contributed by atoms with Gasteiger partial charge in [0.25, 0.3) is 0 Å². The summed E-state index contributed by atoms with van der Waals surface area (Å²) in [6, 6.07) is 0. The molecular formula is C49H78O18. The van der Waals surface area contributed by atoms with E-state index in [1.54, 1.807) is 6.92 Å². The Kier molecular flexibility index (Phi) is 14.1. The van der Waals surface area contributed by atoms with Crippen molar-refractivity contribution in [2.24, 2.45) is 50.2 Å². The molecule has 0 spiro atoms. The van der Waals surface area contributed by atoms with Crippen molar-refractivity contribution in [2.75, 3.05) is 19.8 Å². The molecule has 8 aliphatic rings. The Morgan fingerprint density at radius 2 is 1.39 bits per heavy atom. The van der Waals surface area contributed by atoms with Crippen molar-refractivity contribution in [3.05, 3.63) is 11.6 Å². The molecule has 382 valence electrons. The fourth-order valence-corrected chi connectivity index (χ4v) is 14.9. The van der Waals surface area contributed by atoms with Crippen LogP contribution in [0.3, 0.4) is 0 Å². The zero-order valence-electron chi connectivity index (χ0n) is 40.4. The van der Waals surface area contributed by atoms with E-state index in [1.165, 1.54) is 5.57 Å². The third-order valence-corrected chi connectivity index (χ3v) is 19.2. The Morgan fingerprint density at radius 3 is 2.07 bits per heavy atom. The Balaban J connectivity index is 1.02. The smallest absolute Gasteiger partial charge is 0.338 e. The quantitative estimate of drug-likeness (QED) is 0.0896. The molecule has 9 N–H and O–H groups in total. The summed E-state index contributed by atoms with van der Waals surface area (Å²) < 4.78 is 40.9. The molecule has 0 unspecified atom stereocenters. The number of fused-ring (bicyclic) bond motifs is 7. The first-order chi connectivity index (χ1) is 31.3. The first-order valence-electron chi connectivity index (χ1n) is 24.7. The molecule has 4 saturated carbocycles. The zero-order valence-corrected chi connectivity index (χ0v) is 40.4. The highest BCUT2D eigenvalue weighted by atomic mass is 16.7. The van der Waals surface area contributed by atoms with Crippen LogP contribution < -0.4 is 0 Å². The summed E-state index contributed by atoms with van der Waals surface area (Å²) in [6.45, 7) is 16.6. The summed E-state index contributed by atoms with van der Waals surface area (Å²) in [5.41, 5.74) is -0.707. The topological polar surface area (TPSA) is 281 Å². The number of esters is 2. The van der Waals surface area contributed by atoms with E-state index >= 15 is 0 Å². The average molecular weight is 955 g/mol. The molecule has 3 heterocycles. The Bertz CT molecular complexity index is 1860. The number of aliphatic hydroxyl groups excluding tert-OH is 9. The van der Waals surface area contributed by atoms with Crippen LogP contribution in [0.25, 0.3) is 0 Å². The van der Waals surface area contributed by atoms with Crippen molar-refractivity contribution in [1.82, 2.24) is 0 Å². The summed E-state index contributed by atoms with van der Waals surface area (Å²) in [7, 11) is 0. The fraction of sp³-hybridized carbons (Fsp3) is 0.918. The number of allylic oxidation sites excluding steroid dienone is 2. The van der Waals surface area contributed by atoms with E-state index < -0.39 is 121 Å². The molecule has 0 aromatic heterocycles. The molecule has 3 saturated heterocycles. The lowest BCUT2D eigenvalue weighted by atomic mass is 9.33. The van der Waals surface area contributed by atoms with E-state index in [2.05, 4.69) is 54.5 Å². The van der Waals surface area contributed by atoms with E-state index in [0.717, 1.165) is 44.9 Å². The van der Waals surface area contributed by atoms with Crippen LogP contribution in [-0.2, 0) is 42.7 Å². The maximum atomic E-state index is 14.7. The highest BCUT2D eigenvalue weighted by Crippen LogP contribution is 2.76. The van der Waals surface area contributed by atoms with Crippen molar-refractivity contribution in [1.29, 1.82) is 0 Å². The van der Waals surface area contributed by atoms with Gasteiger partial charge in [-0.05, 0) is 116 Å². The molecule has 8 rings (SSSR count). The van der Waals surface area contributed by atoms with E-state index in [-0.39, 0.29) is 52.6 Å². The molecule has 67 heavy (non-hydrogen) atoms. The maximum absolute atomic E-state index is 14.7. The van der Waals surface area contributed by atoms with Crippen LogP contribution in [0.5, 0.6) is 0 Å². The van der Waals surface area contributed by atoms with Crippen LogP contribution in [0, 0.1) is 50.2 Å². The standard InChI is InChI=1S/C49H78O18/c1-9-61-39(59)38-37(65-40-34(56)30(52)25(51)22-62-40)33(55)36(58)42(66-38)64-29-13-14-46(6)27(45(29,4)5)12-15-48(8)28(46)11-10-23-24-20-44(2,3)16-18-49(24,19-17-47(23,48)7)43(60)67-41-35(57)32(54)31(53)26(21-50)63-41/h10,24-38,40-42,50-58H,9,11-22H2,1-8H3/t24-,25+,26-,27-,28-,29+,30+,31-,32+,33-,34-,35-,36-,37+,38+,40-,41+,42-,46+,47-,48-,49+/m1/s1. The number of hydrogen-bond donors (Lipinski definition) is 9. The van der Waals surface area contributed by atoms with E-state index in [9.17, 15) is 55.5 Å². The van der Waals surface area contributed by atoms with Crippen LogP contribution in [0.1, 0.15) is 120 Å². The van der Waals surface area contributed by atoms with Crippen molar-refractivity contribution < 1.29 is 88.7 Å². The van der Waals surface area contributed by atoms with Gasteiger partial charge in [0, 0.05) is 0 Å². The normalized spacial score (nSPS) is 51.4. The van der Waals surface area contributed by atoms with E-state index in [4.69, 9.17) is 33.2 Å². The minimum Gasteiger partial charge on any atom is -0.464 e. The highest BCUT2D eigenvalue weighted by molar-refractivity contribution is 5.79. The lowest BCUT2D eigenvalue weighted by Crippen LogP contribution is -2.67. The maximum Gasteiger partial charge on any atom is 0.338 e. The highest BCUT2D eigenvalue weighted by Gasteiger charge is 2.70. The zero-order chi connectivity index (χ0) is 49.0. The van der Waals surface area contributed by atoms with Crippen molar-refractivity contribution >= 4 is 11.9 Å². The monoisotopic (exact) mass is 955 g/mol. The van der Waals surface area contributed by atoms with Crippen LogP contribution in [0.15, 0.2) is 11.6 Å². The minimum absolute atomic E-state index is 0.0215. The second kappa shape index (κ2) is 18.3. The fourth-order valence-electron chi connectivity index (χ4n) is 14.9. The number of carbonyl (C=O) groups excluding carboxylic acids is 2. The summed E-state index contributed by atoms with van der Waals surface area (Å²) in [6.07, 6.45) is -12.7. The van der Waals surface area contributed by atoms with Gasteiger partial charge in [0.2, 0.25) is 6.29 Å². The predicted octanol–water partition coefficient (Wildman–Crippen LogP) is 1.35. The number of hydrogen-bond acceptors (Lipinski definition) is 18. The van der Waals surface area contributed by atoms with Gasteiger partial charge < -0.3 is 79.1 Å². The first-order valence-corrected chi connectivity index (χ1v) is 24.7. The molecule has 5 aliphatic carbocycles. The van der Waals surface area contributed by atoms with E-state index in [0.29, 0.717) is 19.3 Å². The summed E-state index contributed by atoms with van der Waals surface area (Å²) in [5.74, 6) is -1.09. The molecule has 3 aliphatic heterocycles. The van der Waals surface area contributed by atoms with Crippen LogP contribution in [-0.4, -0.2) is 170 Å². The molecule has 0 aromatic carbocycles. The lowest BCUT2D eigenvalue weighted by Gasteiger charge is -2.71. The van der Waals surface area contributed by atoms with Gasteiger partial charge in [-0.15, -0.1) is 0 Å². The number of aliphatic hydroxyl groups is 9. The lowest BCUT2D eigenvalue weighted by molar-refractivity contribution is -0.355. The van der Waals surface area contributed by atoms with Crippen molar-refractivity contribution in [3.63, 3.8) is 0 Å². The van der Waals surface area contributed by atoms with Gasteiger partial charge in [0.15, 0.2) is 18.7 Å². The summed E-state index contributed by atoms with van der Waals surface area (Å²) in [4.78, 5) is 28.0. The van der Waals surface area contributed by atoms with Gasteiger partial charge >= 0.3 is 11.9 Å². The predicted molar refractivity (Wildman–Crippen MR) is 234 cm³/mol. The molecule has 0 amide bonds. The van der Waals surface area contributed by atoms with Crippen LogP contribution >= 0.6 is 0 Å². The summed E-state index contributed by atoms with van der Waals surface area (Å²) >= 11 is 0. The Morgan fingerprint density at radius 1 is 0.716 bits per heavy atom. The van der Waals surface area contributed by atoms with Crippen molar-refractivity contribution in [3.8, 4) is 0 Å². The Hall–Kier alpha value is -1.88. The molecular weight excluding hydrogens is 877 g/mol. The number of ether oxygens (including phenoxy) is 7. The molecule has 0 bridgehead atoms. The molecule has 7 fully saturated rings. The second-order valence-electron chi connectivity index (χ2n) is 23.5. The molecule has 0 aromatic rings. The van der Waals surface area contributed by atoms with Gasteiger partial charge in [-0.25, -0.2) is 4.79 Å². The van der Waals surface area contributed by atoms with Crippen molar-refractivity contribution in [2.45, 2.75) is 212 Å². The van der Waals surface area contributed by atoms with Gasteiger partial charge in [-0.1, -0.05) is 60.1 Å². The second-order valence-corrected chi connectivity index (χ2v) is 23.5. The van der Waals surface area contributed by atoms with Gasteiger partial charge in [0.1, 0.15) is 61.0 Å². The third-order valence-electron chi connectivity index (χ3n) is 19.2. The number of carbonyl (C=O) groups is 2. The van der Waals surface area contributed by atoms with Gasteiger partial charge in [-0.3, -0.25) is 4.79 Å². The third kappa shape index (κ3) is 8.26. The average Bonchev–Trinajstić information content (AvgIpc) is 3.27.